The molecular formula is C6H10Br2. The Kier molecular flexibility index (Phi) is 6.34. The molecule has 8 heavy (non-hydrogen) atoms. The maximum absolute atomic E-state index is 3.35. The zero-order valence-electron chi connectivity index (χ0n) is 4.95. The number of alkyl halides is 1. The van der Waals surface area contributed by atoms with E-state index >= 15 is 0 Å². The largest absolute Gasteiger partial charge is 0.0928 e. The van der Waals surface area contributed by atoms with Crippen LogP contribution in [0.1, 0.15) is 19.8 Å². The summed E-state index contributed by atoms with van der Waals surface area (Å²) in [6.45, 7) is 2.05. The zero-order chi connectivity index (χ0) is 6.41. The lowest BCUT2D eigenvalue weighted by Crippen LogP contribution is -1.70. The summed E-state index contributed by atoms with van der Waals surface area (Å²) in [5, 5.41) is 1.10. The van der Waals surface area contributed by atoms with E-state index in [4.69, 9.17) is 0 Å². The van der Waals surface area contributed by atoms with E-state index in [0.717, 1.165) is 5.33 Å². The van der Waals surface area contributed by atoms with Crippen molar-refractivity contribution in [2.75, 3.05) is 5.33 Å². The fraction of sp³-hybridized carbons (Fsp3) is 0.667. The molecule has 0 radical (unpaired) electrons. The first kappa shape index (κ1) is 8.70. The maximum atomic E-state index is 3.35. The van der Waals surface area contributed by atoms with Crippen molar-refractivity contribution in [2.24, 2.45) is 0 Å². The van der Waals surface area contributed by atoms with Gasteiger partial charge in [0.25, 0.3) is 0 Å². The van der Waals surface area contributed by atoms with Crippen molar-refractivity contribution in [3.8, 4) is 0 Å². The van der Waals surface area contributed by atoms with Crippen molar-refractivity contribution in [1.29, 1.82) is 0 Å². The Morgan fingerprint density at radius 2 is 2.25 bits per heavy atom. The molecule has 0 heterocycles. The van der Waals surface area contributed by atoms with E-state index in [-0.39, 0.29) is 0 Å². The van der Waals surface area contributed by atoms with Gasteiger partial charge in [0, 0.05) is 5.33 Å². The minimum atomic E-state index is 1.10. The third-order valence-corrected chi connectivity index (χ3v) is 1.65. The molecule has 0 aliphatic heterocycles. The predicted molar refractivity (Wildman–Crippen MR) is 45.7 cm³/mol. The molecule has 0 unspecified atom stereocenters. The second-order valence-corrected chi connectivity index (χ2v) is 3.67. The SMILES string of the molecule is C/C(Br)=C\CCCBr. The highest BCUT2D eigenvalue weighted by atomic mass is 79.9. The second-order valence-electron chi connectivity index (χ2n) is 1.62. The monoisotopic (exact) mass is 240 g/mol. The lowest BCUT2D eigenvalue weighted by Gasteiger charge is -1.86. The molecule has 0 aliphatic rings. The molecule has 0 aromatic heterocycles. The summed E-state index contributed by atoms with van der Waals surface area (Å²) in [5.74, 6) is 0. The van der Waals surface area contributed by atoms with E-state index < -0.39 is 0 Å². The van der Waals surface area contributed by atoms with Gasteiger partial charge in [0.05, 0.1) is 0 Å². The van der Waals surface area contributed by atoms with Gasteiger partial charge in [-0.2, -0.15) is 0 Å². The highest BCUT2D eigenvalue weighted by Crippen LogP contribution is 2.05. The molecule has 2 heteroatoms. The van der Waals surface area contributed by atoms with Crippen LogP contribution in [0.5, 0.6) is 0 Å². The van der Waals surface area contributed by atoms with Crippen LogP contribution >= 0.6 is 31.9 Å². The van der Waals surface area contributed by atoms with Crippen LogP contribution in [0.15, 0.2) is 10.6 Å². The standard InChI is InChI=1S/C6H10Br2/c1-6(8)4-2-3-5-7/h4H,2-3,5H2,1H3/b6-4+. The molecule has 0 amide bonds. The lowest BCUT2D eigenvalue weighted by atomic mass is 10.3. The minimum Gasteiger partial charge on any atom is -0.0928 e. The van der Waals surface area contributed by atoms with Crippen LogP contribution in [0, 0.1) is 0 Å². The van der Waals surface area contributed by atoms with Gasteiger partial charge in [-0.15, -0.1) is 0 Å². The number of unbranched alkanes of at least 4 members (excludes halogenated alkanes) is 1. The topological polar surface area (TPSA) is 0 Å². The number of rotatable bonds is 3. The summed E-state index contributed by atoms with van der Waals surface area (Å²) in [7, 11) is 0. The van der Waals surface area contributed by atoms with Gasteiger partial charge < -0.3 is 0 Å². The Labute approximate surface area is 67.6 Å². The molecule has 0 rings (SSSR count). The Morgan fingerprint density at radius 1 is 1.62 bits per heavy atom. The van der Waals surface area contributed by atoms with Crippen molar-refractivity contribution in [3.63, 3.8) is 0 Å². The van der Waals surface area contributed by atoms with Crippen LogP contribution in [0.25, 0.3) is 0 Å². The highest BCUT2D eigenvalue weighted by molar-refractivity contribution is 9.11. The fourth-order valence-corrected chi connectivity index (χ4v) is 0.931. The second kappa shape index (κ2) is 5.83. The van der Waals surface area contributed by atoms with Crippen LogP contribution in [0.3, 0.4) is 0 Å². The van der Waals surface area contributed by atoms with Crippen LogP contribution in [-0.4, -0.2) is 5.33 Å². The summed E-state index contributed by atoms with van der Waals surface area (Å²) in [6, 6.07) is 0. The third kappa shape index (κ3) is 6.70. The molecule has 0 spiro atoms. The van der Waals surface area contributed by atoms with Gasteiger partial charge in [-0.3, -0.25) is 0 Å². The Hall–Kier alpha value is 0.700. The van der Waals surface area contributed by atoms with E-state index in [0.29, 0.717) is 0 Å². The van der Waals surface area contributed by atoms with Gasteiger partial charge in [-0.25, -0.2) is 0 Å². The van der Waals surface area contributed by atoms with Crippen molar-refractivity contribution < 1.29 is 0 Å². The van der Waals surface area contributed by atoms with Crippen LogP contribution < -0.4 is 0 Å². The summed E-state index contributed by atoms with van der Waals surface area (Å²) >= 11 is 6.71. The van der Waals surface area contributed by atoms with E-state index in [1.54, 1.807) is 0 Å². The lowest BCUT2D eigenvalue weighted by molar-refractivity contribution is 0.976. The normalized spacial score (nSPS) is 12.1. The van der Waals surface area contributed by atoms with Gasteiger partial charge in [-0.05, 0) is 24.2 Å². The molecule has 0 atom stereocenters. The predicted octanol–water partition coefficient (Wildman–Crippen LogP) is 3.46. The zero-order valence-corrected chi connectivity index (χ0v) is 8.13. The molecule has 0 saturated carbocycles. The van der Waals surface area contributed by atoms with Crippen LogP contribution in [0.4, 0.5) is 0 Å². The van der Waals surface area contributed by atoms with Gasteiger partial charge in [0.1, 0.15) is 0 Å². The smallest absolute Gasteiger partial charge is 0.00342 e. The summed E-state index contributed by atoms with van der Waals surface area (Å²) in [5.41, 5.74) is 0. The molecular weight excluding hydrogens is 232 g/mol. The van der Waals surface area contributed by atoms with E-state index in [1.807, 2.05) is 6.92 Å². The number of hydrogen-bond acceptors (Lipinski definition) is 0. The van der Waals surface area contributed by atoms with Crippen LogP contribution in [0.2, 0.25) is 0 Å². The van der Waals surface area contributed by atoms with Crippen LogP contribution in [-0.2, 0) is 0 Å². The molecule has 0 aliphatic carbocycles. The van der Waals surface area contributed by atoms with E-state index in [9.17, 15) is 0 Å². The Balaban J connectivity index is 3.03. The Bertz CT molecular complexity index is 72.6. The number of hydrogen-bond donors (Lipinski definition) is 0. The van der Waals surface area contributed by atoms with Gasteiger partial charge >= 0.3 is 0 Å². The summed E-state index contributed by atoms with van der Waals surface area (Å²) in [6.07, 6.45) is 4.58. The van der Waals surface area contributed by atoms with Crippen molar-refractivity contribution in [2.45, 2.75) is 19.8 Å². The summed E-state index contributed by atoms with van der Waals surface area (Å²) < 4.78 is 1.23. The highest BCUT2D eigenvalue weighted by Gasteiger charge is 1.80. The molecule has 0 bridgehead atoms. The maximum Gasteiger partial charge on any atom is 0.00342 e. The molecule has 0 fully saturated rings. The molecule has 0 nitrogen and oxygen atoms in total. The third-order valence-electron chi connectivity index (χ3n) is 0.763. The number of halogens is 2. The average molecular weight is 242 g/mol. The number of allylic oxidation sites excluding steroid dienone is 2. The molecule has 48 valence electrons. The van der Waals surface area contributed by atoms with E-state index in [2.05, 4.69) is 37.9 Å². The Morgan fingerprint density at radius 3 is 2.62 bits per heavy atom. The first-order valence-corrected chi connectivity index (χ1v) is 4.57. The average Bonchev–Trinajstić information content (AvgIpc) is 1.66. The van der Waals surface area contributed by atoms with Gasteiger partial charge in [0.2, 0.25) is 0 Å². The fourth-order valence-electron chi connectivity index (χ4n) is 0.378. The first-order valence-electron chi connectivity index (χ1n) is 2.65. The minimum absolute atomic E-state index is 1.10. The van der Waals surface area contributed by atoms with Crippen molar-refractivity contribution >= 4 is 31.9 Å². The molecule has 0 saturated heterocycles. The quantitative estimate of drug-likeness (QED) is 0.525. The molecule has 0 aromatic rings. The molecule has 0 aromatic carbocycles. The van der Waals surface area contributed by atoms with Crippen molar-refractivity contribution in [1.82, 2.24) is 0 Å². The summed E-state index contributed by atoms with van der Waals surface area (Å²) in [4.78, 5) is 0. The van der Waals surface area contributed by atoms with Gasteiger partial charge in [-0.1, -0.05) is 37.9 Å². The first-order chi connectivity index (χ1) is 3.77. The molecule has 0 N–H and O–H groups in total. The van der Waals surface area contributed by atoms with Gasteiger partial charge in [0.15, 0.2) is 0 Å². The van der Waals surface area contributed by atoms with Crippen molar-refractivity contribution in [3.05, 3.63) is 10.6 Å². The van der Waals surface area contributed by atoms with E-state index in [1.165, 1.54) is 17.3 Å².